The molecular weight excluding hydrogens is 293 g/mol. The Bertz CT molecular complexity index is 558. The van der Waals surface area contributed by atoms with Crippen LogP contribution in [0.15, 0.2) is 12.3 Å². The second-order valence-electron chi connectivity index (χ2n) is 6.38. The van der Waals surface area contributed by atoms with Gasteiger partial charge in [0.2, 0.25) is 0 Å². The SMILES string of the molecule is CC(C)N1CCN2c3ncc(C(F)(F)F)cc3N(C)CC2C1. The molecule has 1 atom stereocenters. The molecule has 4 nitrogen and oxygen atoms in total. The van der Waals surface area contributed by atoms with Crippen molar-refractivity contribution in [3.8, 4) is 0 Å². The largest absolute Gasteiger partial charge is 0.417 e. The molecule has 3 heterocycles. The molecule has 7 heteroatoms. The second kappa shape index (κ2) is 5.30. The van der Waals surface area contributed by atoms with Gasteiger partial charge in [-0.2, -0.15) is 13.2 Å². The lowest BCUT2D eigenvalue weighted by molar-refractivity contribution is -0.137. The van der Waals surface area contributed by atoms with Crippen LogP contribution < -0.4 is 9.80 Å². The fourth-order valence-electron chi connectivity index (χ4n) is 3.30. The molecule has 0 aromatic carbocycles. The van der Waals surface area contributed by atoms with Crippen LogP contribution in [0.3, 0.4) is 0 Å². The van der Waals surface area contributed by atoms with Gasteiger partial charge in [0.1, 0.15) is 0 Å². The van der Waals surface area contributed by atoms with Crippen molar-refractivity contribution in [3.63, 3.8) is 0 Å². The summed E-state index contributed by atoms with van der Waals surface area (Å²) in [4.78, 5) is 10.6. The predicted molar refractivity (Wildman–Crippen MR) is 80.4 cm³/mol. The third-order valence-corrected chi connectivity index (χ3v) is 4.59. The fourth-order valence-corrected chi connectivity index (χ4v) is 3.30. The third kappa shape index (κ3) is 2.62. The lowest BCUT2D eigenvalue weighted by Gasteiger charge is -2.49. The Balaban J connectivity index is 1.91. The van der Waals surface area contributed by atoms with Crippen LogP contribution in [0.4, 0.5) is 24.7 Å². The number of pyridine rings is 1. The minimum absolute atomic E-state index is 0.276. The Kier molecular flexibility index (Phi) is 3.71. The molecule has 0 bridgehead atoms. The van der Waals surface area contributed by atoms with E-state index in [2.05, 4.69) is 28.6 Å². The van der Waals surface area contributed by atoms with E-state index >= 15 is 0 Å². The number of alkyl halides is 3. The van der Waals surface area contributed by atoms with Crippen LogP contribution in [0.25, 0.3) is 0 Å². The normalized spacial score (nSPS) is 22.8. The van der Waals surface area contributed by atoms with Crippen molar-refractivity contribution in [2.45, 2.75) is 32.1 Å². The van der Waals surface area contributed by atoms with E-state index in [9.17, 15) is 13.2 Å². The summed E-state index contributed by atoms with van der Waals surface area (Å²) in [6, 6.07) is 1.97. The summed E-state index contributed by atoms with van der Waals surface area (Å²) >= 11 is 0. The number of hydrogen-bond donors (Lipinski definition) is 0. The van der Waals surface area contributed by atoms with Gasteiger partial charge in [0.25, 0.3) is 0 Å². The summed E-state index contributed by atoms with van der Waals surface area (Å²) in [6.45, 7) is 7.71. The summed E-state index contributed by atoms with van der Waals surface area (Å²) in [5, 5.41) is 0. The summed E-state index contributed by atoms with van der Waals surface area (Å²) in [5.41, 5.74) is -0.110. The number of fused-ring (bicyclic) bond motifs is 3. The number of hydrogen-bond acceptors (Lipinski definition) is 4. The first kappa shape index (κ1) is 15.4. The van der Waals surface area contributed by atoms with Crippen LogP contribution in [-0.4, -0.2) is 55.2 Å². The molecule has 1 aromatic rings. The maximum Gasteiger partial charge on any atom is 0.417 e. The number of aromatic nitrogens is 1. The van der Waals surface area contributed by atoms with E-state index in [4.69, 9.17) is 0 Å². The highest BCUT2D eigenvalue weighted by Crippen LogP contribution is 2.38. The Morgan fingerprint density at radius 3 is 2.59 bits per heavy atom. The molecule has 1 aromatic heterocycles. The highest BCUT2D eigenvalue weighted by atomic mass is 19.4. The maximum absolute atomic E-state index is 12.9. The smallest absolute Gasteiger partial charge is 0.369 e. The van der Waals surface area contributed by atoms with Gasteiger partial charge in [0, 0.05) is 45.5 Å². The van der Waals surface area contributed by atoms with E-state index < -0.39 is 11.7 Å². The van der Waals surface area contributed by atoms with E-state index in [0.29, 0.717) is 17.5 Å². The molecule has 0 saturated carbocycles. The average Bonchev–Trinajstić information content (AvgIpc) is 2.45. The number of rotatable bonds is 1. The zero-order valence-electron chi connectivity index (χ0n) is 13.1. The Morgan fingerprint density at radius 2 is 1.95 bits per heavy atom. The molecule has 0 N–H and O–H groups in total. The van der Waals surface area contributed by atoms with E-state index in [-0.39, 0.29) is 6.04 Å². The van der Waals surface area contributed by atoms with Crippen molar-refractivity contribution in [3.05, 3.63) is 17.8 Å². The van der Waals surface area contributed by atoms with Crippen LogP contribution in [0.2, 0.25) is 0 Å². The summed E-state index contributed by atoms with van der Waals surface area (Å²) in [7, 11) is 1.84. The molecule has 0 spiro atoms. The third-order valence-electron chi connectivity index (χ3n) is 4.59. The second-order valence-corrected chi connectivity index (χ2v) is 6.38. The van der Waals surface area contributed by atoms with E-state index in [1.165, 1.54) is 6.07 Å². The average molecular weight is 314 g/mol. The highest BCUT2D eigenvalue weighted by molar-refractivity contribution is 5.71. The molecule has 0 radical (unpaired) electrons. The van der Waals surface area contributed by atoms with Gasteiger partial charge in [0.05, 0.1) is 17.3 Å². The molecular formula is C15H21F3N4. The number of likely N-dealkylation sites (N-methyl/N-ethyl adjacent to an activating group) is 1. The number of piperazine rings is 1. The monoisotopic (exact) mass is 314 g/mol. The van der Waals surface area contributed by atoms with Gasteiger partial charge in [-0.05, 0) is 19.9 Å². The molecule has 22 heavy (non-hydrogen) atoms. The van der Waals surface area contributed by atoms with Gasteiger partial charge >= 0.3 is 6.18 Å². The molecule has 1 unspecified atom stereocenters. The summed E-state index contributed by atoms with van der Waals surface area (Å²) in [5.74, 6) is 0.676. The van der Waals surface area contributed by atoms with Gasteiger partial charge in [0.15, 0.2) is 5.82 Å². The number of nitrogens with zero attached hydrogens (tertiary/aromatic N) is 4. The van der Waals surface area contributed by atoms with Crippen molar-refractivity contribution < 1.29 is 13.2 Å². The topological polar surface area (TPSA) is 22.6 Å². The zero-order valence-corrected chi connectivity index (χ0v) is 13.1. The molecule has 122 valence electrons. The van der Waals surface area contributed by atoms with Gasteiger partial charge in [-0.1, -0.05) is 0 Å². The van der Waals surface area contributed by atoms with Crippen LogP contribution in [0, 0.1) is 0 Å². The molecule has 0 aliphatic carbocycles. The van der Waals surface area contributed by atoms with Crippen LogP contribution in [0.5, 0.6) is 0 Å². The van der Waals surface area contributed by atoms with Crippen LogP contribution in [0.1, 0.15) is 19.4 Å². The summed E-state index contributed by atoms with van der Waals surface area (Å²) in [6.07, 6.45) is -3.40. The number of halogens is 3. The van der Waals surface area contributed by atoms with Gasteiger partial charge in [-0.3, -0.25) is 4.90 Å². The standard InChI is InChI=1S/C15H21F3N4/c1-10(2)21-4-5-22-12(9-21)8-20(3)13-6-11(15(16,17)18)7-19-14(13)22/h6-7,10,12H,4-5,8-9H2,1-3H3. The number of anilines is 2. The molecule has 0 amide bonds. The van der Waals surface area contributed by atoms with Crippen molar-refractivity contribution in [1.82, 2.24) is 9.88 Å². The Labute approximate surface area is 128 Å². The quantitative estimate of drug-likeness (QED) is 0.794. The highest BCUT2D eigenvalue weighted by Gasteiger charge is 2.38. The molecule has 2 aliphatic rings. The lowest BCUT2D eigenvalue weighted by Crippen LogP contribution is -2.60. The minimum atomic E-state index is -4.35. The van der Waals surface area contributed by atoms with Gasteiger partial charge in [-0.15, -0.1) is 0 Å². The van der Waals surface area contributed by atoms with E-state index in [1.54, 1.807) is 0 Å². The maximum atomic E-state index is 12.9. The van der Waals surface area contributed by atoms with Gasteiger partial charge in [-0.25, -0.2) is 4.98 Å². The summed E-state index contributed by atoms with van der Waals surface area (Å²) < 4.78 is 38.6. The van der Waals surface area contributed by atoms with Crippen molar-refractivity contribution in [2.75, 3.05) is 43.0 Å². The fraction of sp³-hybridized carbons (Fsp3) is 0.667. The Morgan fingerprint density at radius 1 is 1.23 bits per heavy atom. The molecule has 1 fully saturated rings. The lowest BCUT2D eigenvalue weighted by atomic mass is 10.0. The Hall–Kier alpha value is -1.50. The first-order valence-corrected chi connectivity index (χ1v) is 7.56. The van der Waals surface area contributed by atoms with Crippen molar-refractivity contribution in [2.24, 2.45) is 0 Å². The van der Waals surface area contributed by atoms with E-state index in [1.807, 2.05) is 11.9 Å². The predicted octanol–water partition coefficient (Wildman–Crippen LogP) is 2.45. The van der Waals surface area contributed by atoms with Crippen LogP contribution in [-0.2, 0) is 6.18 Å². The van der Waals surface area contributed by atoms with Crippen LogP contribution >= 0.6 is 0 Å². The molecule has 3 rings (SSSR count). The molecule has 2 aliphatic heterocycles. The van der Waals surface area contributed by atoms with Gasteiger partial charge < -0.3 is 9.80 Å². The molecule has 1 saturated heterocycles. The van der Waals surface area contributed by atoms with Crippen molar-refractivity contribution >= 4 is 11.5 Å². The van der Waals surface area contributed by atoms with E-state index in [0.717, 1.165) is 32.4 Å². The zero-order chi connectivity index (χ0) is 16.1. The first-order chi connectivity index (χ1) is 10.3. The van der Waals surface area contributed by atoms with Crippen molar-refractivity contribution in [1.29, 1.82) is 0 Å². The first-order valence-electron chi connectivity index (χ1n) is 7.56. The minimum Gasteiger partial charge on any atom is -0.369 e.